The van der Waals surface area contributed by atoms with Crippen LogP contribution < -0.4 is 4.74 Å². The molecule has 0 atom stereocenters. The van der Waals surface area contributed by atoms with Crippen LogP contribution in [0.4, 0.5) is 0 Å². The highest BCUT2D eigenvalue weighted by molar-refractivity contribution is 6.33. The second-order valence-electron chi connectivity index (χ2n) is 6.64. The first-order valence-electron chi connectivity index (χ1n) is 8.79. The molecule has 4 nitrogen and oxygen atoms in total. The zero-order valence-corrected chi connectivity index (χ0v) is 16.3. The first-order chi connectivity index (χ1) is 12.9. The number of ether oxygens (including phenoxy) is 1. The van der Waals surface area contributed by atoms with Gasteiger partial charge in [0.05, 0.1) is 12.5 Å². The largest absolute Gasteiger partial charge is 0.491 e. The molecule has 0 saturated carbocycles. The van der Waals surface area contributed by atoms with Gasteiger partial charge in [0.25, 0.3) is 0 Å². The fraction of sp³-hybridized carbons (Fsp3) is 0.227. The number of ketones is 1. The van der Waals surface area contributed by atoms with Crippen molar-refractivity contribution in [2.45, 2.75) is 33.3 Å². The van der Waals surface area contributed by atoms with Gasteiger partial charge in [0.15, 0.2) is 5.78 Å². The number of Topliss-reactive ketones (excluding diaryl/α,β-unsaturated/α-hetero) is 1. The van der Waals surface area contributed by atoms with Crippen molar-refractivity contribution in [3.63, 3.8) is 0 Å². The summed E-state index contributed by atoms with van der Waals surface area (Å²) in [5, 5.41) is 0.628. The number of halogens is 1. The Morgan fingerprint density at radius 3 is 2.63 bits per heavy atom. The summed E-state index contributed by atoms with van der Waals surface area (Å²) in [4.78, 5) is 20.9. The molecule has 1 aromatic carbocycles. The number of aryl methyl sites for hydroxylation is 1. The van der Waals surface area contributed by atoms with Crippen molar-refractivity contribution in [1.29, 1.82) is 0 Å². The summed E-state index contributed by atoms with van der Waals surface area (Å²) in [7, 11) is 0. The van der Waals surface area contributed by atoms with Gasteiger partial charge in [0, 0.05) is 46.0 Å². The molecule has 0 radical (unpaired) electrons. The minimum atomic E-state index is 0.00575. The number of hydrogen-bond acceptors (Lipinski definition) is 4. The van der Waals surface area contributed by atoms with Crippen LogP contribution in [0.15, 0.2) is 55.0 Å². The zero-order valence-electron chi connectivity index (χ0n) is 15.6. The van der Waals surface area contributed by atoms with Crippen molar-refractivity contribution >= 4 is 17.4 Å². The summed E-state index contributed by atoms with van der Waals surface area (Å²) in [6.45, 7) is 5.86. The van der Waals surface area contributed by atoms with Crippen LogP contribution in [0.3, 0.4) is 0 Å². The van der Waals surface area contributed by atoms with Crippen LogP contribution in [0.25, 0.3) is 11.1 Å². The van der Waals surface area contributed by atoms with Crippen LogP contribution in [-0.4, -0.2) is 21.9 Å². The molecule has 0 spiro atoms. The summed E-state index contributed by atoms with van der Waals surface area (Å²) in [6, 6.07) is 11.2. The molecule has 0 aliphatic rings. The molecule has 0 N–H and O–H groups in total. The van der Waals surface area contributed by atoms with Gasteiger partial charge in [0.1, 0.15) is 5.75 Å². The van der Waals surface area contributed by atoms with Crippen molar-refractivity contribution in [3.8, 4) is 16.9 Å². The number of carbonyl (C=O) groups is 1. The fourth-order valence-corrected chi connectivity index (χ4v) is 3.00. The Morgan fingerprint density at radius 1 is 1.15 bits per heavy atom. The van der Waals surface area contributed by atoms with E-state index in [1.807, 2.05) is 57.2 Å². The molecular formula is C22H21ClN2O2. The van der Waals surface area contributed by atoms with Crippen LogP contribution in [0, 0.1) is 6.92 Å². The van der Waals surface area contributed by atoms with Crippen LogP contribution in [0.1, 0.15) is 35.5 Å². The summed E-state index contributed by atoms with van der Waals surface area (Å²) in [5.41, 5.74) is 3.98. The van der Waals surface area contributed by atoms with E-state index in [4.69, 9.17) is 16.3 Å². The molecule has 3 aromatic rings. The lowest BCUT2D eigenvalue weighted by Crippen LogP contribution is -2.07. The minimum absolute atomic E-state index is 0.00575. The van der Waals surface area contributed by atoms with Gasteiger partial charge in [-0.25, -0.2) is 0 Å². The van der Waals surface area contributed by atoms with E-state index < -0.39 is 0 Å². The predicted molar refractivity (Wildman–Crippen MR) is 107 cm³/mol. The van der Waals surface area contributed by atoms with E-state index in [1.165, 1.54) is 0 Å². The molecule has 27 heavy (non-hydrogen) atoms. The monoisotopic (exact) mass is 380 g/mol. The van der Waals surface area contributed by atoms with Gasteiger partial charge in [-0.1, -0.05) is 17.7 Å². The van der Waals surface area contributed by atoms with Crippen molar-refractivity contribution in [2.24, 2.45) is 0 Å². The van der Waals surface area contributed by atoms with E-state index in [0.29, 0.717) is 16.3 Å². The second kappa shape index (κ2) is 8.31. The Labute approximate surface area is 164 Å². The number of rotatable bonds is 6. The summed E-state index contributed by atoms with van der Waals surface area (Å²) < 4.78 is 5.74. The van der Waals surface area contributed by atoms with Gasteiger partial charge in [-0.05, 0) is 56.7 Å². The Morgan fingerprint density at radius 2 is 1.96 bits per heavy atom. The van der Waals surface area contributed by atoms with E-state index in [9.17, 15) is 4.79 Å². The van der Waals surface area contributed by atoms with Crippen LogP contribution in [-0.2, 0) is 6.42 Å². The molecule has 138 valence electrons. The van der Waals surface area contributed by atoms with Gasteiger partial charge < -0.3 is 4.74 Å². The van der Waals surface area contributed by atoms with Gasteiger partial charge in [-0.3, -0.25) is 14.8 Å². The highest BCUT2D eigenvalue weighted by Crippen LogP contribution is 2.31. The number of pyridine rings is 2. The van der Waals surface area contributed by atoms with Crippen LogP contribution in [0.2, 0.25) is 5.02 Å². The second-order valence-corrected chi connectivity index (χ2v) is 7.04. The highest BCUT2D eigenvalue weighted by Gasteiger charge is 2.12. The summed E-state index contributed by atoms with van der Waals surface area (Å²) >= 11 is 6.34. The third-order valence-electron chi connectivity index (χ3n) is 4.13. The molecule has 0 bridgehead atoms. The minimum Gasteiger partial charge on any atom is -0.491 e. The first-order valence-corrected chi connectivity index (χ1v) is 9.17. The van der Waals surface area contributed by atoms with E-state index in [2.05, 4.69) is 9.97 Å². The van der Waals surface area contributed by atoms with Crippen molar-refractivity contribution in [2.75, 3.05) is 0 Å². The van der Waals surface area contributed by atoms with Crippen molar-refractivity contribution in [1.82, 2.24) is 9.97 Å². The summed E-state index contributed by atoms with van der Waals surface area (Å²) in [5.74, 6) is 0.766. The number of hydrogen-bond donors (Lipinski definition) is 0. The smallest absolute Gasteiger partial charge is 0.170 e. The lowest BCUT2D eigenvalue weighted by molar-refractivity contribution is 0.0991. The standard InChI is InChI=1S/C22H21ClN2O2/c1-14(2)27-18-6-7-21(23)19(11-18)16-4-5-17(25-12-16)10-22(26)20-13-24-9-8-15(20)3/h4-9,11-14H,10H2,1-3H3. The third-order valence-corrected chi connectivity index (χ3v) is 4.46. The SMILES string of the molecule is Cc1ccncc1C(=O)Cc1ccc(-c2cc(OC(C)C)ccc2Cl)cn1. The van der Waals surface area contributed by atoms with E-state index in [1.54, 1.807) is 18.6 Å². The van der Waals surface area contributed by atoms with Gasteiger partial charge in [-0.2, -0.15) is 0 Å². The normalized spacial score (nSPS) is 10.9. The van der Waals surface area contributed by atoms with E-state index >= 15 is 0 Å². The first kappa shape index (κ1) is 19.1. The maximum atomic E-state index is 12.5. The molecule has 0 fully saturated rings. The quantitative estimate of drug-likeness (QED) is 0.543. The molecule has 3 rings (SSSR count). The Bertz CT molecular complexity index is 953. The number of carbonyl (C=O) groups excluding carboxylic acids is 1. The zero-order chi connectivity index (χ0) is 19.4. The molecule has 5 heteroatoms. The molecule has 2 heterocycles. The molecule has 2 aromatic heterocycles. The molecule has 0 unspecified atom stereocenters. The molecule has 0 aliphatic heterocycles. The number of benzene rings is 1. The fourth-order valence-electron chi connectivity index (χ4n) is 2.78. The average molecular weight is 381 g/mol. The molecule has 0 saturated heterocycles. The van der Waals surface area contributed by atoms with Gasteiger partial charge in [-0.15, -0.1) is 0 Å². The van der Waals surface area contributed by atoms with Gasteiger partial charge in [0.2, 0.25) is 0 Å². The Kier molecular flexibility index (Phi) is 5.87. The predicted octanol–water partition coefficient (Wildman–Crippen LogP) is 5.32. The summed E-state index contributed by atoms with van der Waals surface area (Å²) in [6.07, 6.45) is 5.34. The lowest BCUT2D eigenvalue weighted by atomic mass is 10.0. The Balaban J connectivity index is 1.80. The van der Waals surface area contributed by atoms with Crippen molar-refractivity contribution < 1.29 is 9.53 Å². The maximum absolute atomic E-state index is 12.5. The van der Waals surface area contributed by atoms with E-state index in [0.717, 1.165) is 22.4 Å². The lowest BCUT2D eigenvalue weighted by Gasteiger charge is -2.12. The topological polar surface area (TPSA) is 52.1 Å². The number of nitrogens with zero attached hydrogens (tertiary/aromatic N) is 2. The Hall–Kier alpha value is -2.72. The molecular weight excluding hydrogens is 360 g/mol. The average Bonchev–Trinajstić information content (AvgIpc) is 2.64. The maximum Gasteiger partial charge on any atom is 0.170 e. The highest BCUT2D eigenvalue weighted by atomic mass is 35.5. The third kappa shape index (κ3) is 4.72. The number of aromatic nitrogens is 2. The van der Waals surface area contributed by atoms with Crippen molar-refractivity contribution in [3.05, 3.63) is 76.8 Å². The van der Waals surface area contributed by atoms with Gasteiger partial charge >= 0.3 is 0 Å². The molecule has 0 amide bonds. The van der Waals surface area contributed by atoms with Crippen LogP contribution >= 0.6 is 11.6 Å². The van der Waals surface area contributed by atoms with E-state index in [-0.39, 0.29) is 18.3 Å². The van der Waals surface area contributed by atoms with Crippen LogP contribution in [0.5, 0.6) is 5.75 Å². The molecule has 0 aliphatic carbocycles.